The van der Waals surface area contributed by atoms with E-state index >= 15 is 0 Å². The van der Waals surface area contributed by atoms with Crippen LogP contribution in [0.5, 0.6) is 5.75 Å². The van der Waals surface area contributed by atoms with Gasteiger partial charge in [0.15, 0.2) is 6.23 Å². The minimum absolute atomic E-state index is 0.152. The summed E-state index contributed by atoms with van der Waals surface area (Å²) in [5, 5.41) is 14.8. The molecule has 5 heteroatoms. The van der Waals surface area contributed by atoms with Gasteiger partial charge < -0.3 is 14.8 Å². The fourth-order valence-electron chi connectivity index (χ4n) is 3.20. The monoisotopic (exact) mass is 316 g/mol. The number of rotatable bonds is 5. The summed E-state index contributed by atoms with van der Waals surface area (Å²) in [6.07, 6.45) is 5.15. The van der Waals surface area contributed by atoms with E-state index in [0.29, 0.717) is 11.3 Å². The predicted molar refractivity (Wildman–Crippen MR) is 90.4 cm³/mol. The average molecular weight is 316 g/mol. The molecule has 0 spiro atoms. The molecule has 1 unspecified atom stereocenters. The van der Waals surface area contributed by atoms with Crippen LogP contribution in [-0.2, 0) is 0 Å². The summed E-state index contributed by atoms with van der Waals surface area (Å²) in [6, 6.07) is 8.96. The van der Waals surface area contributed by atoms with E-state index < -0.39 is 5.72 Å². The molecule has 2 aromatic rings. The van der Waals surface area contributed by atoms with E-state index in [9.17, 15) is 9.90 Å². The summed E-state index contributed by atoms with van der Waals surface area (Å²) in [5.74, 6) is 0.624. The van der Waals surface area contributed by atoms with Crippen molar-refractivity contribution in [1.29, 1.82) is 0 Å². The highest BCUT2D eigenvalue weighted by Gasteiger charge is 2.31. The third-order valence-electron chi connectivity index (χ3n) is 4.47. The van der Waals surface area contributed by atoms with Gasteiger partial charge in [0.1, 0.15) is 11.5 Å². The molecular formula is C18H24N2O3. The number of pyridine rings is 1. The smallest absolute Gasteiger partial charge is 0.248 e. The van der Waals surface area contributed by atoms with Gasteiger partial charge in [-0.15, -0.1) is 0 Å². The number of fused-ring (bicyclic) bond motifs is 1. The number of H-pyrrole nitrogens is 1. The fourth-order valence-corrected chi connectivity index (χ4v) is 3.20. The molecule has 1 heterocycles. The summed E-state index contributed by atoms with van der Waals surface area (Å²) in [6.45, 7) is 2.01. The van der Waals surface area contributed by atoms with Crippen molar-refractivity contribution in [3.63, 3.8) is 0 Å². The third kappa shape index (κ3) is 3.74. The van der Waals surface area contributed by atoms with Gasteiger partial charge in [-0.2, -0.15) is 0 Å². The minimum Gasteiger partial charge on any atom is -0.473 e. The number of aliphatic hydroxyl groups is 1. The average Bonchev–Trinajstić information content (AvgIpc) is 2.55. The van der Waals surface area contributed by atoms with Crippen LogP contribution in [0.3, 0.4) is 0 Å². The van der Waals surface area contributed by atoms with E-state index in [1.165, 1.54) is 12.5 Å². The summed E-state index contributed by atoms with van der Waals surface area (Å²) >= 11 is 0. The highest BCUT2D eigenvalue weighted by Crippen LogP contribution is 2.28. The zero-order valence-electron chi connectivity index (χ0n) is 13.5. The fraction of sp³-hybridized carbons (Fsp3) is 0.500. The van der Waals surface area contributed by atoms with E-state index in [1.807, 2.05) is 25.1 Å². The highest BCUT2D eigenvalue weighted by atomic mass is 16.5. The quantitative estimate of drug-likeness (QED) is 0.742. The Hall–Kier alpha value is -1.85. The van der Waals surface area contributed by atoms with Gasteiger partial charge in [-0.3, -0.25) is 10.1 Å². The van der Waals surface area contributed by atoms with Crippen molar-refractivity contribution in [2.45, 2.75) is 57.4 Å². The second kappa shape index (κ2) is 6.72. The van der Waals surface area contributed by atoms with Crippen LogP contribution in [0.4, 0.5) is 0 Å². The molecule has 3 rings (SSSR count). The van der Waals surface area contributed by atoms with Crippen molar-refractivity contribution in [2.24, 2.45) is 0 Å². The number of aromatic amines is 1. The SMILES string of the molecule is CCC(NC1(O)CCCCC1)Oc1cccc2ccc(=O)[nH]c12. The number of para-hydroxylation sites is 1. The molecule has 0 aliphatic heterocycles. The Morgan fingerprint density at radius 1 is 1.26 bits per heavy atom. The molecule has 1 aliphatic carbocycles. The molecule has 1 fully saturated rings. The summed E-state index contributed by atoms with van der Waals surface area (Å²) in [7, 11) is 0. The van der Waals surface area contributed by atoms with Crippen LogP contribution in [0.15, 0.2) is 35.1 Å². The van der Waals surface area contributed by atoms with Crippen molar-refractivity contribution in [3.05, 3.63) is 40.7 Å². The molecule has 1 aromatic heterocycles. The molecule has 5 nitrogen and oxygen atoms in total. The molecule has 1 saturated carbocycles. The molecule has 3 N–H and O–H groups in total. The third-order valence-corrected chi connectivity index (χ3v) is 4.47. The van der Waals surface area contributed by atoms with Crippen LogP contribution in [0.2, 0.25) is 0 Å². The van der Waals surface area contributed by atoms with Gasteiger partial charge in [0.2, 0.25) is 5.56 Å². The molecule has 0 saturated heterocycles. The Bertz CT molecular complexity index is 720. The number of aromatic nitrogens is 1. The maximum Gasteiger partial charge on any atom is 0.248 e. The van der Waals surface area contributed by atoms with Crippen LogP contribution in [-0.4, -0.2) is 22.0 Å². The molecule has 124 valence electrons. The number of benzene rings is 1. The van der Waals surface area contributed by atoms with E-state index in [1.54, 1.807) is 6.07 Å². The first-order valence-corrected chi connectivity index (χ1v) is 8.38. The van der Waals surface area contributed by atoms with Crippen LogP contribution in [0.25, 0.3) is 10.9 Å². The van der Waals surface area contributed by atoms with E-state index in [0.717, 1.165) is 37.5 Å². The molecule has 0 radical (unpaired) electrons. The van der Waals surface area contributed by atoms with Crippen LogP contribution >= 0.6 is 0 Å². The predicted octanol–water partition coefficient (Wildman–Crippen LogP) is 2.89. The van der Waals surface area contributed by atoms with Crippen molar-refractivity contribution in [1.82, 2.24) is 10.3 Å². The van der Waals surface area contributed by atoms with E-state index in [-0.39, 0.29) is 11.8 Å². The van der Waals surface area contributed by atoms with Crippen LogP contribution < -0.4 is 15.6 Å². The molecule has 0 amide bonds. The topological polar surface area (TPSA) is 74.3 Å². The summed E-state index contributed by atoms with van der Waals surface area (Å²) in [4.78, 5) is 14.4. The zero-order chi connectivity index (χ0) is 16.3. The first kappa shape index (κ1) is 16.0. The first-order valence-electron chi connectivity index (χ1n) is 8.38. The van der Waals surface area contributed by atoms with Crippen LogP contribution in [0, 0.1) is 0 Å². The van der Waals surface area contributed by atoms with E-state index in [2.05, 4.69) is 10.3 Å². The van der Waals surface area contributed by atoms with Gasteiger partial charge in [0.05, 0.1) is 5.52 Å². The van der Waals surface area contributed by atoms with Crippen molar-refractivity contribution in [3.8, 4) is 5.75 Å². The normalized spacial score (nSPS) is 18.7. The Labute approximate surface area is 135 Å². The number of hydrogen-bond acceptors (Lipinski definition) is 4. The van der Waals surface area contributed by atoms with Crippen molar-refractivity contribution >= 4 is 10.9 Å². The zero-order valence-corrected chi connectivity index (χ0v) is 13.5. The maximum atomic E-state index is 11.6. The lowest BCUT2D eigenvalue weighted by Gasteiger charge is -2.36. The number of nitrogens with one attached hydrogen (secondary N) is 2. The highest BCUT2D eigenvalue weighted by molar-refractivity contribution is 5.84. The minimum atomic E-state index is -0.850. The molecule has 23 heavy (non-hydrogen) atoms. The number of hydrogen-bond donors (Lipinski definition) is 3. The van der Waals surface area contributed by atoms with Crippen molar-refractivity contribution in [2.75, 3.05) is 0 Å². The molecular weight excluding hydrogens is 292 g/mol. The van der Waals surface area contributed by atoms with Gasteiger partial charge in [-0.05, 0) is 44.2 Å². The lowest BCUT2D eigenvalue weighted by Crippen LogP contribution is -2.53. The van der Waals surface area contributed by atoms with Crippen LogP contribution in [0.1, 0.15) is 45.4 Å². The molecule has 0 bridgehead atoms. The molecule has 1 atom stereocenters. The van der Waals surface area contributed by atoms with Gasteiger partial charge in [0, 0.05) is 11.5 Å². The summed E-state index contributed by atoms with van der Waals surface area (Å²) in [5.41, 5.74) is -0.312. The van der Waals surface area contributed by atoms with Gasteiger partial charge >= 0.3 is 0 Å². The Morgan fingerprint density at radius 3 is 2.78 bits per heavy atom. The maximum absolute atomic E-state index is 11.6. The Morgan fingerprint density at radius 2 is 2.04 bits per heavy atom. The van der Waals surface area contributed by atoms with E-state index in [4.69, 9.17) is 4.74 Å². The van der Waals surface area contributed by atoms with Gasteiger partial charge in [0.25, 0.3) is 0 Å². The lowest BCUT2D eigenvalue weighted by atomic mass is 9.91. The van der Waals surface area contributed by atoms with Gasteiger partial charge in [-0.1, -0.05) is 25.5 Å². The lowest BCUT2D eigenvalue weighted by molar-refractivity contribution is -0.0648. The molecule has 1 aromatic carbocycles. The molecule has 1 aliphatic rings. The largest absolute Gasteiger partial charge is 0.473 e. The first-order chi connectivity index (χ1) is 11.1. The Balaban J connectivity index is 1.81. The standard InChI is InChI=1S/C18H24N2O3/c1-2-16(20-18(22)11-4-3-5-12-18)23-14-8-6-7-13-9-10-15(21)19-17(13)14/h6-10,16,20,22H,2-5,11-12H2,1H3,(H,19,21). The number of ether oxygens (including phenoxy) is 1. The van der Waals surface area contributed by atoms with Gasteiger partial charge in [-0.25, -0.2) is 0 Å². The van der Waals surface area contributed by atoms with Crippen molar-refractivity contribution < 1.29 is 9.84 Å². The second-order valence-electron chi connectivity index (χ2n) is 6.29. The summed E-state index contributed by atoms with van der Waals surface area (Å²) < 4.78 is 6.06. The second-order valence-corrected chi connectivity index (χ2v) is 6.29. The Kier molecular flexibility index (Phi) is 4.68.